The van der Waals surface area contributed by atoms with E-state index in [-0.39, 0.29) is 36.3 Å². The van der Waals surface area contributed by atoms with Crippen LogP contribution in [0.25, 0.3) is 0 Å². The van der Waals surface area contributed by atoms with Crippen molar-refractivity contribution in [3.05, 3.63) is 0 Å². The molecule has 0 bridgehead atoms. The maximum atomic E-state index is 12.7. The van der Waals surface area contributed by atoms with Crippen molar-refractivity contribution < 1.29 is 19.5 Å². The van der Waals surface area contributed by atoms with Gasteiger partial charge in [0.2, 0.25) is 17.7 Å². The minimum absolute atomic E-state index is 0.0117. The number of rotatable bonds is 6. The topological polar surface area (TPSA) is 107 Å². The van der Waals surface area contributed by atoms with Gasteiger partial charge in [0, 0.05) is 33.2 Å². The first-order valence-electron chi connectivity index (χ1n) is 8.94. The fourth-order valence-electron chi connectivity index (χ4n) is 3.83. The van der Waals surface area contributed by atoms with Crippen molar-refractivity contribution >= 4 is 17.7 Å². The second-order valence-electron chi connectivity index (χ2n) is 7.54. The third-order valence-corrected chi connectivity index (χ3v) is 5.18. The number of β-amino-alcohol motifs (C(OH)–C–C–N with tert-alkyl or cyclic N) is 1. The number of primary amides is 1. The van der Waals surface area contributed by atoms with Crippen LogP contribution in [0.15, 0.2) is 0 Å². The quantitative estimate of drug-likeness (QED) is 0.628. The van der Waals surface area contributed by atoms with Crippen LogP contribution in [-0.4, -0.2) is 89.4 Å². The third-order valence-electron chi connectivity index (χ3n) is 5.18. The lowest BCUT2D eigenvalue weighted by atomic mass is 9.99. The fraction of sp³-hybridized carbons (Fsp3) is 0.824. The molecule has 8 heteroatoms. The Labute approximate surface area is 148 Å². The van der Waals surface area contributed by atoms with Gasteiger partial charge in [-0.25, -0.2) is 0 Å². The Balaban J connectivity index is 1.89. The summed E-state index contributed by atoms with van der Waals surface area (Å²) >= 11 is 0. The molecule has 3 atom stereocenters. The molecule has 2 heterocycles. The highest BCUT2D eigenvalue weighted by molar-refractivity contribution is 5.88. The first-order valence-corrected chi connectivity index (χ1v) is 8.94. The maximum Gasteiger partial charge on any atom is 0.240 e. The summed E-state index contributed by atoms with van der Waals surface area (Å²) in [5.41, 5.74) is 5.43. The van der Waals surface area contributed by atoms with Crippen LogP contribution in [0.5, 0.6) is 0 Å². The lowest BCUT2D eigenvalue weighted by Gasteiger charge is -2.30. The number of hydrogen-bond donors (Lipinski definition) is 2. The minimum Gasteiger partial charge on any atom is -0.392 e. The molecular formula is C17H30N4O4. The average Bonchev–Trinajstić information content (AvgIpc) is 3.15. The Hall–Kier alpha value is -1.67. The van der Waals surface area contributed by atoms with Gasteiger partial charge in [0.15, 0.2) is 0 Å². The number of carbonyl (C=O) groups is 3. The molecule has 2 fully saturated rings. The van der Waals surface area contributed by atoms with Crippen LogP contribution < -0.4 is 5.73 Å². The van der Waals surface area contributed by atoms with Crippen molar-refractivity contribution in [3.8, 4) is 0 Å². The highest BCUT2D eigenvalue weighted by atomic mass is 16.3. The zero-order valence-corrected chi connectivity index (χ0v) is 15.4. The Morgan fingerprint density at radius 2 is 1.88 bits per heavy atom. The second-order valence-corrected chi connectivity index (χ2v) is 7.54. The van der Waals surface area contributed by atoms with E-state index in [0.29, 0.717) is 32.5 Å². The van der Waals surface area contributed by atoms with E-state index in [1.165, 1.54) is 4.90 Å². The van der Waals surface area contributed by atoms with Gasteiger partial charge in [-0.05, 0) is 18.8 Å². The van der Waals surface area contributed by atoms with Crippen LogP contribution in [0, 0.1) is 11.8 Å². The molecule has 2 saturated heterocycles. The lowest BCUT2D eigenvalue weighted by Crippen LogP contribution is -2.51. The number of aliphatic hydroxyl groups is 1. The predicted octanol–water partition coefficient (Wildman–Crippen LogP) is -1.13. The maximum absolute atomic E-state index is 12.7. The largest absolute Gasteiger partial charge is 0.392 e. The van der Waals surface area contributed by atoms with Crippen molar-refractivity contribution in [2.45, 2.75) is 38.8 Å². The summed E-state index contributed by atoms with van der Waals surface area (Å²) in [7, 11) is 1.61. The summed E-state index contributed by atoms with van der Waals surface area (Å²) in [6, 6.07) is -0.636. The van der Waals surface area contributed by atoms with Gasteiger partial charge in [0.25, 0.3) is 0 Å². The van der Waals surface area contributed by atoms with Gasteiger partial charge in [-0.3, -0.25) is 19.3 Å². The van der Waals surface area contributed by atoms with Crippen LogP contribution in [0.2, 0.25) is 0 Å². The number of likely N-dealkylation sites (tertiary alicyclic amines) is 2. The van der Waals surface area contributed by atoms with E-state index in [1.54, 1.807) is 11.9 Å². The molecule has 3 amide bonds. The number of likely N-dealkylation sites (N-methyl/N-ethyl adjacent to an activating group) is 1. The Morgan fingerprint density at radius 1 is 1.20 bits per heavy atom. The monoisotopic (exact) mass is 354 g/mol. The van der Waals surface area contributed by atoms with Gasteiger partial charge < -0.3 is 20.6 Å². The van der Waals surface area contributed by atoms with Crippen LogP contribution in [-0.2, 0) is 14.4 Å². The van der Waals surface area contributed by atoms with Crippen molar-refractivity contribution in [3.63, 3.8) is 0 Å². The van der Waals surface area contributed by atoms with Gasteiger partial charge in [-0.1, -0.05) is 13.8 Å². The summed E-state index contributed by atoms with van der Waals surface area (Å²) in [5.74, 6) is -1.01. The number of carbonyl (C=O) groups excluding carboxylic acids is 3. The molecule has 0 saturated carbocycles. The molecule has 2 aliphatic heterocycles. The molecule has 142 valence electrons. The summed E-state index contributed by atoms with van der Waals surface area (Å²) in [4.78, 5) is 41.8. The van der Waals surface area contributed by atoms with E-state index in [2.05, 4.69) is 0 Å². The number of nitrogens with two attached hydrogens (primary N) is 1. The second kappa shape index (κ2) is 8.14. The lowest BCUT2D eigenvalue weighted by molar-refractivity contribution is -0.142. The van der Waals surface area contributed by atoms with E-state index < -0.39 is 11.9 Å². The van der Waals surface area contributed by atoms with E-state index >= 15 is 0 Å². The van der Waals surface area contributed by atoms with Gasteiger partial charge >= 0.3 is 0 Å². The standard InChI is InChI=1S/C17H30N4O4/c1-11(2)15(16(18)24)19(3)17(25)12-4-7-21(8-12)14(23)10-20-6-5-13(22)9-20/h11-13,15,22H,4-10H2,1-3H3,(H2,18,24)/t12-,13+,15?/m0/s1. The Kier molecular flexibility index (Phi) is 6.40. The van der Waals surface area contributed by atoms with Crippen molar-refractivity contribution in [1.29, 1.82) is 0 Å². The molecule has 8 nitrogen and oxygen atoms in total. The summed E-state index contributed by atoms with van der Waals surface area (Å²) in [6.45, 7) is 6.16. The predicted molar refractivity (Wildman–Crippen MR) is 92.3 cm³/mol. The summed E-state index contributed by atoms with van der Waals surface area (Å²) in [6.07, 6.45) is 0.945. The Morgan fingerprint density at radius 3 is 2.40 bits per heavy atom. The number of amides is 3. The molecule has 25 heavy (non-hydrogen) atoms. The minimum atomic E-state index is -0.636. The first-order chi connectivity index (χ1) is 11.7. The van der Waals surface area contributed by atoms with Gasteiger partial charge in [-0.2, -0.15) is 0 Å². The molecule has 2 aliphatic rings. The van der Waals surface area contributed by atoms with Crippen LogP contribution in [0.3, 0.4) is 0 Å². The SMILES string of the molecule is CC(C)C(C(N)=O)N(C)C(=O)[C@H]1CCN(C(=O)CN2CC[C@@H](O)C2)C1. The van der Waals surface area contributed by atoms with Crippen molar-refractivity contribution in [1.82, 2.24) is 14.7 Å². The molecule has 0 aromatic carbocycles. The van der Waals surface area contributed by atoms with Gasteiger partial charge in [0.05, 0.1) is 18.6 Å². The first kappa shape index (κ1) is 19.7. The molecule has 0 spiro atoms. The van der Waals surface area contributed by atoms with E-state index in [0.717, 1.165) is 6.54 Å². The number of aliphatic hydroxyl groups excluding tert-OH is 1. The fourth-order valence-corrected chi connectivity index (χ4v) is 3.83. The van der Waals surface area contributed by atoms with Crippen LogP contribution >= 0.6 is 0 Å². The zero-order chi connectivity index (χ0) is 18.7. The molecule has 2 rings (SSSR count). The van der Waals surface area contributed by atoms with Crippen molar-refractivity contribution in [2.75, 3.05) is 39.8 Å². The molecule has 3 N–H and O–H groups in total. The normalized spacial score (nSPS) is 25.4. The smallest absolute Gasteiger partial charge is 0.240 e. The van der Waals surface area contributed by atoms with E-state index in [1.807, 2.05) is 18.7 Å². The van der Waals surface area contributed by atoms with Crippen LogP contribution in [0.4, 0.5) is 0 Å². The molecular weight excluding hydrogens is 324 g/mol. The third kappa shape index (κ3) is 4.70. The van der Waals surface area contributed by atoms with Crippen molar-refractivity contribution in [2.24, 2.45) is 17.6 Å². The van der Waals surface area contributed by atoms with Crippen LogP contribution in [0.1, 0.15) is 26.7 Å². The molecule has 0 aromatic rings. The summed E-state index contributed by atoms with van der Waals surface area (Å²) in [5, 5.41) is 9.54. The van der Waals surface area contributed by atoms with Gasteiger partial charge in [0.1, 0.15) is 6.04 Å². The van der Waals surface area contributed by atoms with E-state index in [9.17, 15) is 19.5 Å². The highest BCUT2D eigenvalue weighted by Gasteiger charge is 2.37. The molecule has 0 aliphatic carbocycles. The molecule has 0 radical (unpaired) electrons. The van der Waals surface area contributed by atoms with E-state index in [4.69, 9.17) is 5.73 Å². The highest BCUT2D eigenvalue weighted by Crippen LogP contribution is 2.21. The molecule has 1 unspecified atom stereocenters. The average molecular weight is 354 g/mol. The summed E-state index contributed by atoms with van der Waals surface area (Å²) < 4.78 is 0. The zero-order valence-electron chi connectivity index (χ0n) is 15.4. The molecule has 0 aromatic heterocycles. The van der Waals surface area contributed by atoms with Gasteiger partial charge in [-0.15, -0.1) is 0 Å². The number of nitrogens with zero attached hydrogens (tertiary/aromatic N) is 3. The number of hydrogen-bond acceptors (Lipinski definition) is 5. The Bertz CT molecular complexity index is 525.